The molecule has 2 aliphatic rings. The Morgan fingerprint density at radius 3 is 2.79 bits per heavy atom. The molecule has 1 saturated heterocycles. The number of aliphatic hydroxyl groups is 1. The quantitative estimate of drug-likeness (QED) is 0.223. The van der Waals surface area contributed by atoms with Gasteiger partial charge in [0.05, 0.1) is 11.7 Å². The van der Waals surface area contributed by atoms with E-state index in [-0.39, 0.29) is 36.5 Å². The average Bonchev–Trinajstić information content (AvgIpc) is 3.14. The SMILES string of the molecule is C[C@@H]1C[C@H](O)[C@H](CC=CCCCC(=O)O)[C@H]1/C=C/[C@H](COc1cccc(C(F)(F)F)c1)OC1CCCCO1. The van der Waals surface area contributed by atoms with Crippen LogP contribution in [0.2, 0.25) is 0 Å². The Bertz CT molecular complexity index is 925. The van der Waals surface area contributed by atoms with Crippen molar-refractivity contribution in [1.82, 2.24) is 0 Å². The zero-order valence-electron chi connectivity index (χ0n) is 21.8. The van der Waals surface area contributed by atoms with Crippen LogP contribution in [0.15, 0.2) is 48.6 Å². The monoisotopic (exact) mass is 540 g/mol. The van der Waals surface area contributed by atoms with Gasteiger partial charge in [0.1, 0.15) is 18.5 Å². The number of alkyl halides is 3. The number of hydrogen-bond acceptors (Lipinski definition) is 5. The number of benzene rings is 1. The molecule has 1 unspecified atom stereocenters. The standard InChI is InChI=1S/C29H39F3O6/c1-20-17-26(33)25(11-4-2-3-5-12-27(34)35)24(20)15-14-23(38-28-13-6-7-16-36-28)19-37-22-10-8-9-21(18-22)29(30,31)32/h2,4,8-10,14-15,18,20,23-26,28,33H,3,5-7,11-13,16-17,19H2,1H3,(H,34,35)/b4-2?,15-14+/t20-,23-,24+,25-,26+,28?/m1/s1. The van der Waals surface area contributed by atoms with Crippen LogP contribution in [0, 0.1) is 17.8 Å². The first-order chi connectivity index (χ1) is 18.1. The number of ether oxygens (including phenoxy) is 3. The third-order valence-electron chi connectivity index (χ3n) is 7.18. The van der Waals surface area contributed by atoms with Crippen LogP contribution < -0.4 is 4.74 Å². The summed E-state index contributed by atoms with van der Waals surface area (Å²) in [6.45, 7) is 2.71. The van der Waals surface area contributed by atoms with E-state index in [9.17, 15) is 23.1 Å². The van der Waals surface area contributed by atoms with Gasteiger partial charge < -0.3 is 24.4 Å². The van der Waals surface area contributed by atoms with E-state index in [0.29, 0.717) is 32.3 Å². The Labute approximate surface area is 222 Å². The van der Waals surface area contributed by atoms with Crippen molar-refractivity contribution in [3.8, 4) is 5.75 Å². The summed E-state index contributed by atoms with van der Waals surface area (Å²) in [5.74, 6) is -0.366. The van der Waals surface area contributed by atoms with Gasteiger partial charge in [-0.3, -0.25) is 4.79 Å². The van der Waals surface area contributed by atoms with Gasteiger partial charge in [0.15, 0.2) is 6.29 Å². The van der Waals surface area contributed by atoms with Crippen molar-refractivity contribution in [2.24, 2.45) is 17.8 Å². The maximum Gasteiger partial charge on any atom is 0.416 e. The van der Waals surface area contributed by atoms with Gasteiger partial charge in [-0.05, 0) is 80.9 Å². The molecule has 38 heavy (non-hydrogen) atoms. The minimum absolute atomic E-state index is 0.00735. The summed E-state index contributed by atoms with van der Waals surface area (Å²) in [7, 11) is 0. The molecule has 1 aliphatic heterocycles. The van der Waals surface area contributed by atoms with Gasteiger partial charge in [0.25, 0.3) is 0 Å². The summed E-state index contributed by atoms with van der Waals surface area (Å²) in [6.07, 6.45) is 7.45. The molecule has 0 spiro atoms. The minimum Gasteiger partial charge on any atom is -0.491 e. The first kappa shape index (κ1) is 30.2. The van der Waals surface area contributed by atoms with Gasteiger partial charge in [-0.15, -0.1) is 0 Å². The van der Waals surface area contributed by atoms with Crippen molar-refractivity contribution in [2.75, 3.05) is 13.2 Å². The number of hydrogen-bond donors (Lipinski definition) is 2. The van der Waals surface area contributed by atoms with Crippen LogP contribution in [-0.4, -0.2) is 47.9 Å². The molecule has 0 aromatic heterocycles. The van der Waals surface area contributed by atoms with Gasteiger partial charge in [0.2, 0.25) is 0 Å². The van der Waals surface area contributed by atoms with E-state index in [1.165, 1.54) is 12.1 Å². The third-order valence-corrected chi connectivity index (χ3v) is 7.18. The second-order valence-electron chi connectivity index (χ2n) is 10.2. The number of aliphatic hydroxyl groups excluding tert-OH is 1. The molecule has 9 heteroatoms. The third kappa shape index (κ3) is 9.75. The number of aliphatic carboxylic acids is 1. The first-order valence-corrected chi connectivity index (χ1v) is 13.4. The lowest BCUT2D eigenvalue weighted by molar-refractivity contribution is -0.182. The van der Waals surface area contributed by atoms with Crippen LogP contribution in [0.5, 0.6) is 5.75 Å². The molecule has 1 saturated carbocycles. The van der Waals surface area contributed by atoms with E-state index < -0.39 is 36.2 Å². The van der Waals surface area contributed by atoms with Crippen molar-refractivity contribution < 1.29 is 42.4 Å². The van der Waals surface area contributed by atoms with Crippen LogP contribution in [0.4, 0.5) is 13.2 Å². The van der Waals surface area contributed by atoms with Crippen molar-refractivity contribution in [2.45, 2.75) is 83.0 Å². The van der Waals surface area contributed by atoms with E-state index >= 15 is 0 Å². The Kier molecular flexibility index (Phi) is 11.7. The fourth-order valence-electron chi connectivity index (χ4n) is 5.13. The molecule has 1 aromatic carbocycles. The second kappa shape index (κ2) is 14.7. The molecule has 6 atom stereocenters. The number of rotatable bonds is 13. The van der Waals surface area contributed by atoms with Gasteiger partial charge >= 0.3 is 12.1 Å². The predicted octanol–water partition coefficient (Wildman–Crippen LogP) is 6.39. The molecular formula is C29H39F3O6. The normalized spacial score (nSPS) is 27.2. The molecule has 0 amide bonds. The smallest absolute Gasteiger partial charge is 0.416 e. The van der Waals surface area contributed by atoms with Gasteiger partial charge in [-0.1, -0.05) is 37.3 Å². The number of allylic oxidation sites excluding steroid dienone is 3. The van der Waals surface area contributed by atoms with E-state index in [1.807, 2.05) is 24.3 Å². The maximum absolute atomic E-state index is 13.1. The second-order valence-corrected chi connectivity index (χ2v) is 10.2. The van der Waals surface area contributed by atoms with Crippen LogP contribution >= 0.6 is 0 Å². The van der Waals surface area contributed by atoms with Crippen LogP contribution in [-0.2, 0) is 20.4 Å². The van der Waals surface area contributed by atoms with Crippen molar-refractivity contribution in [3.63, 3.8) is 0 Å². The van der Waals surface area contributed by atoms with Crippen molar-refractivity contribution in [3.05, 3.63) is 54.1 Å². The predicted molar refractivity (Wildman–Crippen MR) is 137 cm³/mol. The molecular weight excluding hydrogens is 501 g/mol. The van der Waals surface area contributed by atoms with E-state index in [0.717, 1.165) is 31.4 Å². The summed E-state index contributed by atoms with van der Waals surface area (Å²) in [5.41, 5.74) is -0.772. The van der Waals surface area contributed by atoms with Gasteiger partial charge in [-0.2, -0.15) is 13.2 Å². The lowest BCUT2D eigenvalue weighted by atomic mass is 9.87. The minimum atomic E-state index is -4.45. The zero-order valence-corrected chi connectivity index (χ0v) is 21.8. The summed E-state index contributed by atoms with van der Waals surface area (Å²) >= 11 is 0. The molecule has 0 radical (unpaired) electrons. The largest absolute Gasteiger partial charge is 0.491 e. The van der Waals surface area contributed by atoms with Crippen molar-refractivity contribution in [1.29, 1.82) is 0 Å². The topological polar surface area (TPSA) is 85.2 Å². The number of carbonyl (C=O) groups is 1. The zero-order chi connectivity index (χ0) is 27.5. The highest BCUT2D eigenvalue weighted by molar-refractivity contribution is 5.66. The highest BCUT2D eigenvalue weighted by Gasteiger charge is 2.38. The summed E-state index contributed by atoms with van der Waals surface area (Å²) in [6, 6.07) is 4.78. The van der Waals surface area contributed by atoms with E-state index in [2.05, 4.69) is 6.92 Å². The summed E-state index contributed by atoms with van der Waals surface area (Å²) < 4.78 is 56.9. The molecule has 212 valence electrons. The van der Waals surface area contributed by atoms with Gasteiger partial charge in [-0.25, -0.2) is 0 Å². The average molecular weight is 541 g/mol. The Morgan fingerprint density at radius 2 is 2.08 bits per heavy atom. The Morgan fingerprint density at radius 1 is 1.26 bits per heavy atom. The number of carboxylic acid groups (broad SMARTS) is 1. The highest BCUT2D eigenvalue weighted by atomic mass is 19.4. The first-order valence-electron chi connectivity index (χ1n) is 13.4. The molecule has 6 nitrogen and oxygen atoms in total. The number of unbranched alkanes of at least 4 members (excludes halogenated alkanes) is 1. The Balaban J connectivity index is 1.65. The van der Waals surface area contributed by atoms with E-state index in [1.54, 1.807) is 0 Å². The summed E-state index contributed by atoms with van der Waals surface area (Å²) in [5, 5.41) is 19.4. The van der Waals surface area contributed by atoms with Gasteiger partial charge in [0, 0.05) is 13.0 Å². The van der Waals surface area contributed by atoms with Crippen LogP contribution in [0.3, 0.4) is 0 Å². The lowest BCUT2D eigenvalue weighted by Gasteiger charge is -2.27. The molecule has 1 aliphatic carbocycles. The molecule has 1 heterocycles. The van der Waals surface area contributed by atoms with Crippen LogP contribution in [0.1, 0.15) is 63.9 Å². The van der Waals surface area contributed by atoms with E-state index in [4.69, 9.17) is 19.3 Å². The molecule has 1 aromatic rings. The molecule has 3 rings (SSSR count). The number of carboxylic acids is 1. The Hall–Kier alpha value is -2.36. The summed E-state index contributed by atoms with van der Waals surface area (Å²) in [4.78, 5) is 10.7. The molecule has 2 fully saturated rings. The van der Waals surface area contributed by atoms with Crippen molar-refractivity contribution >= 4 is 5.97 Å². The molecule has 2 N–H and O–H groups in total. The highest BCUT2D eigenvalue weighted by Crippen LogP contribution is 2.40. The number of halogens is 3. The lowest BCUT2D eigenvalue weighted by Crippen LogP contribution is -2.30. The fourth-order valence-corrected chi connectivity index (χ4v) is 5.13. The molecule has 0 bridgehead atoms. The maximum atomic E-state index is 13.1. The van der Waals surface area contributed by atoms with Crippen LogP contribution in [0.25, 0.3) is 0 Å². The fraction of sp³-hybridized carbons (Fsp3) is 0.621.